The Hall–Kier alpha value is -3.69. The molecule has 4 rings (SSSR count). The first-order valence-corrected chi connectivity index (χ1v) is 19.4. The molecule has 4 N–H and O–H groups in total. The summed E-state index contributed by atoms with van der Waals surface area (Å²) in [5.74, 6) is -2.85. The maximum atomic E-state index is 14.5. The van der Waals surface area contributed by atoms with E-state index in [4.69, 9.17) is 44.3 Å². The Morgan fingerprint density at radius 2 is 1.73 bits per heavy atom. The number of halogens is 3. The summed E-state index contributed by atoms with van der Waals surface area (Å²) in [6.07, 6.45) is 3.53. The Morgan fingerprint density at radius 3 is 2.36 bits per heavy atom. The van der Waals surface area contributed by atoms with Crippen molar-refractivity contribution in [2.24, 2.45) is 5.92 Å². The molecule has 2 saturated heterocycles. The first kappa shape index (κ1) is 44.0. The molecule has 55 heavy (non-hydrogen) atoms. The van der Waals surface area contributed by atoms with Crippen molar-refractivity contribution in [1.82, 2.24) is 31.0 Å². The monoisotopic (exact) mass is 824 g/mol. The van der Waals surface area contributed by atoms with Crippen LogP contribution in [0, 0.1) is 5.92 Å². The second-order valence-electron chi connectivity index (χ2n) is 15.3. The number of hydrogen-bond acceptors (Lipinski definition) is 10. The molecule has 2 aliphatic rings. The third kappa shape index (κ3) is 11.7. The number of carbonyl (C=O) groups is 5. The van der Waals surface area contributed by atoms with E-state index in [0.717, 1.165) is 5.39 Å². The minimum absolute atomic E-state index is 0.232. The number of nitrogens with one attached hydrogen (secondary N) is 3. The number of esters is 1. The molecule has 302 valence electrons. The zero-order chi connectivity index (χ0) is 40.9. The lowest BCUT2D eigenvalue weighted by Gasteiger charge is -2.37. The Morgan fingerprint density at radius 1 is 1.04 bits per heavy atom. The summed E-state index contributed by atoms with van der Waals surface area (Å²) in [7, 11) is 0. The quantitative estimate of drug-likeness (QED) is 0.176. The lowest BCUT2D eigenvalue weighted by Crippen LogP contribution is -2.63. The number of hydrazine groups is 1. The Kier molecular flexibility index (Phi) is 14.5. The van der Waals surface area contributed by atoms with E-state index >= 15 is 0 Å². The molecule has 1 aromatic heterocycles. The molecule has 2 aliphatic heterocycles. The van der Waals surface area contributed by atoms with Gasteiger partial charge in [0.2, 0.25) is 9.70 Å². The fourth-order valence-electron chi connectivity index (χ4n) is 6.39. The van der Waals surface area contributed by atoms with Crippen molar-refractivity contribution in [3.63, 3.8) is 0 Å². The van der Waals surface area contributed by atoms with Crippen molar-refractivity contribution in [2.75, 3.05) is 19.7 Å². The van der Waals surface area contributed by atoms with Gasteiger partial charge in [-0.3, -0.25) is 34.1 Å². The summed E-state index contributed by atoms with van der Waals surface area (Å²) in [4.78, 5) is 73.9. The average molecular weight is 826 g/mol. The molecule has 4 amide bonds. The number of ether oxygens (including phenoxy) is 2. The van der Waals surface area contributed by atoms with Gasteiger partial charge < -0.3 is 25.2 Å². The van der Waals surface area contributed by atoms with Crippen LogP contribution in [0.4, 0.5) is 4.79 Å². The van der Waals surface area contributed by atoms with E-state index in [-0.39, 0.29) is 19.5 Å². The van der Waals surface area contributed by atoms with Crippen LogP contribution in [0.5, 0.6) is 0 Å². The summed E-state index contributed by atoms with van der Waals surface area (Å²) in [6, 6.07) is 6.16. The van der Waals surface area contributed by atoms with Crippen molar-refractivity contribution in [1.29, 1.82) is 0 Å². The second kappa shape index (κ2) is 18.1. The van der Waals surface area contributed by atoms with Gasteiger partial charge in [0, 0.05) is 18.5 Å². The van der Waals surface area contributed by atoms with E-state index in [0.29, 0.717) is 36.0 Å². The molecule has 0 saturated carbocycles. The topological polar surface area (TPSA) is 180 Å². The summed E-state index contributed by atoms with van der Waals surface area (Å²) >= 11 is 17.1. The Balaban J connectivity index is 1.55. The lowest BCUT2D eigenvalue weighted by atomic mass is 9.91. The van der Waals surface area contributed by atoms with E-state index in [9.17, 15) is 29.1 Å². The first-order valence-electron chi connectivity index (χ1n) is 18.3. The number of aromatic nitrogens is 1. The highest BCUT2D eigenvalue weighted by molar-refractivity contribution is 6.67. The van der Waals surface area contributed by atoms with E-state index < -0.39 is 81.5 Å². The number of rotatable bonds is 11. The number of hydrogen-bond donors (Lipinski definition) is 4. The van der Waals surface area contributed by atoms with Crippen LogP contribution in [0.25, 0.3) is 17.0 Å². The maximum absolute atomic E-state index is 14.5. The van der Waals surface area contributed by atoms with Gasteiger partial charge >= 0.3 is 12.1 Å². The molecule has 1 aromatic carbocycles. The highest BCUT2D eigenvalue weighted by atomic mass is 35.6. The van der Waals surface area contributed by atoms with E-state index in [2.05, 4.69) is 21.0 Å². The molecule has 2 fully saturated rings. The van der Waals surface area contributed by atoms with Gasteiger partial charge in [0.1, 0.15) is 35.9 Å². The number of benzene rings is 1. The van der Waals surface area contributed by atoms with E-state index in [1.54, 1.807) is 59.8 Å². The standard InChI is InChI=1S/C38H51Cl3N6O8/c1-22(2)30(31(49)42-23(3)32(50)47-19-8-10-28(45-47)33(51)54-21-38(39,40)41)44-34(52)37(16-9-18-46(37)35(53)55-36(5,6)7)17-15-25-11-12-26-13-14-27(24(4)48)43-29(26)20-25/h11-15,17,20,22-24,28,30,45,48H,8-10,16,18-19,21H2,1-7H3,(H,42,49)(H,44,52)/b17-15+/t23-,24+,28-,30-,37-/m0/s1. The van der Waals surface area contributed by atoms with Crippen LogP contribution in [0.2, 0.25) is 0 Å². The lowest BCUT2D eigenvalue weighted by molar-refractivity contribution is -0.152. The van der Waals surface area contributed by atoms with Gasteiger partial charge in [-0.15, -0.1) is 0 Å². The number of aliphatic hydroxyl groups excluding tert-OH is 1. The van der Waals surface area contributed by atoms with E-state index in [1.807, 2.05) is 24.3 Å². The van der Waals surface area contributed by atoms with Crippen LogP contribution < -0.4 is 16.1 Å². The Bertz CT molecular complexity index is 1780. The summed E-state index contributed by atoms with van der Waals surface area (Å²) in [6.45, 7) is 11.9. The third-order valence-corrected chi connectivity index (χ3v) is 9.55. The maximum Gasteiger partial charge on any atom is 0.411 e. The van der Waals surface area contributed by atoms with Crippen LogP contribution in [-0.2, 0) is 28.7 Å². The molecular formula is C38H51Cl3N6O8. The molecular weight excluding hydrogens is 775 g/mol. The normalized spacial score (nSPS) is 21.0. The number of fused-ring (bicyclic) bond motifs is 1. The van der Waals surface area contributed by atoms with Crippen molar-refractivity contribution in [3.8, 4) is 0 Å². The van der Waals surface area contributed by atoms with Crippen LogP contribution in [0.1, 0.15) is 91.5 Å². The zero-order valence-corrected chi connectivity index (χ0v) is 34.4. The molecule has 3 heterocycles. The third-order valence-electron chi connectivity index (χ3n) is 9.23. The molecule has 14 nitrogen and oxygen atoms in total. The van der Waals surface area contributed by atoms with Crippen molar-refractivity contribution in [3.05, 3.63) is 47.7 Å². The van der Waals surface area contributed by atoms with Crippen molar-refractivity contribution in [2.45, 2.75) is 113 Å². The fourth-order valence-corrected chi connectivity index (χ4v) is 6.55. The van der Waals surface area contributed by atoms with Gasteiger partial charge in [0.25, 0.3) is 11.8 Å². The minimum Gasteiger partial charge on any atom is -0.460 e. The van der Waals surface area contributed by atoms with Crippen LogP contribution in [0.15, 0.2) is 36.4 Å². The van der Waals surface area contributed by atoms with Gasteiger partial charge in [0.05, 0.1) is 17.3 Å². The molecule has 0 radical (unpaired) electrons. The van der Waals surface area contributed by atoms with Crippen molar-refractivity contribution < 1.29 is 38.6 Å². The van der Waals surface area contributed by atoms with Crippen LogP contribution >= 0.6 is 34.8 Å². The zero-order valence-electron chi connectivity index (χ0n) is 32.2. The number of carbonyl (C=O) groups excluding carboxylic acids is 5. The van der Waals surface area contributed by atoms with Gasteiger partial charge in [-0.1, -0.05) is 72.9 Å². The molecule has 17 heteroatoms. The molecule has 5 atom stereocenters. The fraction of sp³-hybridized carbons (Fsp3) is 0.579. The molecule has 0 spiro atoms. The van der Waals surface area contributed by atoms with Gasteiger partial charge in [-0.2, -0.15) is 0 Å². The largest absolute Gasteiger partial charge is 0.460 e. The van der Waals surface area contributed by atoms with Gasteiger partial charge in [0.15, 0.2) is 0 Å². The summed E-state index contributed by atoms with van der Waals surface area (Å²) < 4.78 is 9.00. The van der Waals surface area contributed by atoms with Crippen molar-refractivity contribution >= 4 is 81.6 Å². The Labute approximate surface area is 336 Å². The molecule has 0 aliphatic carbocycles. The number of alkyl halides is 3. The summed E-state index contributed by atoms with van der Waals surface area (Å²) in [5.41, 5.74) is 2.32. The molecule has 0 bridgehead atoms. The SMILES string of the molecule is CC(C)[C@H](NC(=O)[C@@]1(/C=C/c2ccc3ccc([C@@H](C)O)nc3c2)CCCN1C(=O)OC(C)(C)C)C(=O)N[C@@H](C)C(=O)N1CCC[C@@H](C(=O)OCC(Cl)(Cl)Cl)N1. The predicted octanol–water partition coefficient (Wildman–Crippen LogP) is 5.13. The molecule has 2 aromatic rings. The van der Waals surface area contributed by atoms with Crippen LogP contribution in [-0.4, -0.2) is 103 Å². The average Bonchev–Trinajstić information content (AvgIpc) is 3.55. The second-order valence-corrected chi connectivity index (χ2v) is 17.8. The highest BCUT2D eigenvalue weighted by Crippen LogP contribution is 2.34. The minimum atomic E-state index is -1.79. The summed E-state index contributed by atoms with van der Waals surface area (Å²) in [5, 5.41) is 17.7. The predicted molar refractivity (Wildman–Crippen MR) is 210 cm³/mol. The van der Waals surface area contributed by atoms with E-state index in [1.165, 1.54) is 16.8 Å². The first-order chi connectivity index (χ1) is 25.6. The number of aliphatic hydroxyl groups is 1. The van der Waals surface area contributed by atoms with Gasteiger partial charge in [-0.25, -0.2) is 10.2 Å². The number of pyridine rings is 1. The van der Waals surface area contributed by atoms with Crippen LogP contribution in [0.3, 0.4) is 0 Å². The highest BCUT2D eigenvalue weighted by Gasteiger charge is 2.50. The smallest absolute Gasteiger partial charge is 0.411 e. The number of nitrogens with zero attached hydrogens (tertiary/aromatic N) is 3. The van der Waals surface area contributed by atoms with Gasteiger partial charge in [-0.05, 0) is 90.0 Å². The number of amides is 4. The molecule has 0 unspecified atom stereocenters. The number of likely N-dealkylation sites (tertiary alicyclic amines) is 1.